The van der Waals surface area contributed by atoms with E-state index in [-0.39, 0.29) is 18.2 Å². The van der Waals surface area contributed by atoms with Crippen LogP contribution in [0.2, 0.25) is 0 Å². The van der Waals surface area contributed by atoms with E-state index in [9.17, 15) is 9.59 Å². The molecule has 2 amide bonds. The molecule has 0 saturated heterocycles. The zero-order valence-electron chi connectivity index (χ0n) is 20.6. The maximum atomic E-state index is 12.9. The number of benzene rings is 3. The van der Waals surface area contributed by atoms with Crippen molar-refractivity contribution in [1.29, 1.82) is 0 Å². The van der Waals surface area contributed by atoms with Crippen LogP contribution in [0.25, 0.3) is 11.0 Å². The van der Waals surface area contributed by atoms with Gasteiger partial charge in [0, 0.05) is 24.1 Å². The van der Waals surface area contributed by atoms with Crippen LogP contribution in [-0.4, -0.2) is 40.0 Å². The first-order chi connectivity index (χ1) is 17.5. The molecule has 0 aliphatic rings. The molecule has 0 aliphatic carbocycles. The van der Waals surface area contributed by atoms with E-state index in [4.69, 9.17) is 9.47 Å². The SMILES string of the molecule is CCOc1cc(NC(=O)c2ccccc2C)c(OCC)cc1NC(=O)CCn1nnc2ccccc21. The number of nitrogens with one attached hydrogen (secondary N) is 2. The summed E-state index contributed by atoms with van der Waals surface area (Å²) in [5.74, 6) is 0.393. The number of ether oxygens (including phenoxy) is 2. The number of aromatic nitrogens is 3. The van der Waals surface area contributed by atoms with E-state index >= 15 is 0 Å². The summed E-state index contributed by atoms with van der Waals surface area (Å²) in [4.78, 5) is 25.7. The summed E-state index contributed by atoms with van der Waals surface area (Å²) < 4.78 is 13.3. The number of rotatable bonds is 10. The quantitative estimate of drug-likeness (QED) is 0.332. The fourth-order valence-corrected chi connectivity index (χ4v) is 3.83. The van der Waals surface area contributed by atoms with Crippen molar-refractivity contribution in [2.24, 2.45) is 0 Å². The van der Waals surface area contributed by atoms with Gasteiger partial charge in [0.2, 0.25) is 5.91 Å². The fourth-order valence-electron chi connectivity index (χ4n) is 3.83. The van der Waals surface area contributed by atoms with Crippen molar-refractivity contribution in [3.63, 3.8) is 0 Å². The minimum atomic E-state index is -0.256. The summed E-state index contributed by atoms with van der Waals surface area (Å²) in [6.07, 6.45) is 0.189. The molecule has 9 nitrogen and oxygen atoms in total. The highest BCUT2D eigenvalue weighted by molar-refractivity contribution is 6.06. The fraction of sp³-hybridized carbons (Fsp3) is 0.259. The van der Waals surface area contributed by atoms with Crippen molar-refractivity contribution < 1.29 is 19.1 Å². The Morgan fingerprint density at radius 1 is 0.889 bits per heavy atom. The molecule has 0 atom stereocenters. The molecule has 1 aromatic heterocycles. The Morgan fingerprint density at radius 3 is 2.22 bits per heavy atom. The molecule has 2 N–H and O–H groups in total. The van der Waals surface area contributed by atoms with Crippen LogP contribution in [0.1, 0.15) is 36.2 Å². The van der Waals surface area contributed by atoms with Crippen molar-refractivity contribution in [2.45, 2.75) is 33.7 Å². The first-order valence-corrected chi connectivity index (χ1v) is 11.9. The number of amides is 2. The normalized spacial score (nSPS) is 10.8. The van der Waals surface area contributed by atoms with Gasteiger partial charge in [-0.2, -0.15) is 0 Å². The molecule has 0 bridgehead atoms. The van der Waals surface area contributed by atoms with Crippen molar-refractivity contribution >= 4 is 34.2 Å². The van der Waals surface area contributed by atoms with Gasteiger partial charge in [-0.15, -0.1) is 5.10 Å². The van der Waals surface area contributed by atoms with Gasteiger partial charge in [-0.3, -0.25) is 9.59 Å². The zero-order valence-corrected chi connectivity index (χ0v) is 20.6. The van der Waals surface area contributed by atoms with Crippen LogP contribution in [-0.2, 0) is 11.3 Å². The predicted molar refractivity (Wildman–Crippen MR) is 139 cm³/mol. The minimum Gasteiger partial charge on any atom is -0.492 e. The highest BCUT2D eigenvalue weighted by atomic mass is 16.5. The second-order valence-electron chi connectivity index (χ2n) is 8.08. The van der Waals surface area contributed by atoms with E-state index in [0.29, 0.717) is 48.2 Å². The Hall–Kier alpha value is -4.40. The van der Waals surface area contributed by atoms with Crippen LogP contribution in [0, 0.1) is 6.92 Å². The van der Waals surface area contributed by atoms with Crippen molar-refractivity contribution in [3.05, 3.63) is 71.8 Å². The molecular weight excluding hydrogens is 458 g/mol. The molecule has 0 radical (unpaired) electrons. The van der Waals surface area contributed by atoms with Crippen molar-refractivity contribution in [1.82, 2.24) is 15.0 Å². The van der Waals surface area contributed by atoms with E-state index in [1.165, 1.54) is 0 Å². The summed E-state index contributed by atoms with van der Waals surface area (Å²) in [5, 5.41) is 14.1. The number of hydrogen-bond acceptors (Lipinski definition) is 6. The molecule has 36 heavy (non-hydrogen) atoms. The molecule has 0 unspecified atom stereocenters. The molecule has 3 aromatic carbocycles. The van der Waals surface area contributed by atoms with E-state index in [1.54, 1.807) is 22.9 Å². The topological polar surface area (TPSA) is 107 Å². The number of fused-ring (bicyclic) bond motifs is 1. The molecule has 0 aliphatic heterocycles. The van der Waals surface area contributed by atoms with Gasteiger partial charge in [0.05, 0.1) is 36.6 Å². The largest absolute Gasteiger partial charge is 0.492 e. The van der Waals surface area contributed by atoms with Gasteiger partial charge in [-0.1, -0.05) is 35.5 Å². The summed E-state index contributed by atoms with van der Waals surface area (Å²) in [6, 6.07) is 18.3. The van der Waals surface area contributed by atoms with Gasteiger partial charge in [-0.25, -0.2) is 4.68 Å². The lowest BCUT2D eigenvalue weighted by Gasteiger charge is -2.18. The highest BCUT2D eigenvalue weighted by Crippen LogP contribution is 2.37. The second-order valence-corrected chi connectivity index (χ2v) is 8.08. The number of carbonyl (C=O) groups is 2. The average molecular weight is 488 g/mol. The predicted octanol–water partition coefficient (Wildman–Crippen LogP) is 4.82. The molecule has 4 aromatic rings. The molecule has 9 heteroatoms. The summed E-state index contributed by atoms with van der Waals surface area (Å²) in [7, 11) is 0. The van der Waals surface area contributed by atoms with Gasteiger partial charge in [0.1, 0.15) is 17.0 Å². The standard InChI is InChI=1S/C27H29N5O4/c1-4-35-24-17-22(29-27(34)19-11-7-6-10-18(19)3)25(36-5-2)16-21(24)28-26(33)14-15-32-23-13-9-8-12-20(23)30-31-32/h6-13,16-17H,4-5,14-15H2,1-3H3,(H,28,33)(H,29,34). The maximum Gasteiger partial charge on any atom is 0.256 e. The van der Waals surface area contributed by atoms with Gasteiger partial charge in [-0.05, 0) is 44.5 Å². The first-order valence-electron chi connectivity index (χ1n) is 11.9. The third-order valence-electron chi connectivity index (χ3n) is 5.56. The highest BCUT2D eigenvalue weighted by Gasteiger charge is 2.18. The lowest BCUT2D eigenvalue weighted by atomic mass is 10.1. The number of nitrogens with zero attached hydrogens (tertiary/aromatic N) is 3. The molecule has 4 rings (SSSR count). The molecular formula is C27H29N5O4. The van der Waals surface area contributed by atoms with E-state index in [0.717, 1.165) is 16.6 Å². The lowest BCUT2D eigenvalue weighted by Crippen LogP contribution is -2.17. The molecule has 0 fully saturated rings. The molecule has 0 saturated carbocycles. The minimum absolute atomic E-state index is 0.189. The summed E-state index contributed by atoms with van der Waals surface area (Å²) in [6.45, 7) is 6.72. The first kappa shape index (κ1) is 24.7. The van der Waals surface area contributed by atoms with Crippen LogP contribution in [0.4, 0.5) is 11.4 Å². The van der Waals surface area contributed by atoms with Gasteiger partial charge < -0.3 is 20.1 Å². The molecule has 186 valence electrons. The van der Waals surface area contributed by atoms with Crippen LogP contribution >= 0.6 is 0 Å². The smallest absolute Gasteiger partial charge is 0.256 e. The Balaban J connectivity index is 1.53. The Morgan fingerprint density at radius 2 is 1.53 bits per heavy atom. The van der Waals surface area contributed by atoms with Crippen LogP contribution in [0.3, 0.4) is 0 Å². The van der Waals surface area contributed by atoms with Crippen LogP contribution in [0.5, 0.6) is 11.5 Å². The van der Waals surface area contributed by atoms with Crippen LogP contribution in [0.15, 0.2) is 60.7 Å². The third-order valence-corrected chi connectivity index (χ3v) is 5.56. The monoisotopic (exact) mass is 487 g/mol. The Labute approximate surface area is 209 Å². The number of anilines is 2. The average Bonchev–Trinajstić information content (AvgIpc) is 3.29. The second kappa shape index (κ2) is 11.4. The zero-order chi connectivity index (χ0) is 25.5. The molecule has 1 heterocycles. The van der Waals surface area contributed by atoms with Gasteiger partial charge in [0.15, 0.2) is 0 Å². The van der Waals surface area contributed by atoms with E-state index in [1.807, 2.05) is 63.2 Å². The van der Waals surface area contributed by atoms with Crippen LogP contribution < -0.4 is 20.1 Å². The number of aryl methyl sites for hydroxylation is 2. The van der Waals surface area contributed by atoms with E-state index < -0.39 is 0 Å². The lowest BCUT2D eigenvalue weighted by molar-refractivity contribution is -0.116. The van der Waals surface area contributed by atoms with Crippen molar-refractivity contribution in [3.8, 4) is 11.5 Å². The van der Waals surface area contributed by atoms with Crippen molar-refractivity contribution in [2.75, 3.05) is 23.8 Å². The molecule has 0 spiro atoms. The van der Waals surface area contributed by atoms with Gasteiger partial charge in [0.25, 0.3) is 5.91 Å². The van der Waals surface area contributed by atoms with Gasteiger partial charge >= 0.3 is 0 Å². The Bertz CT molecular complexity index is 1380. The number of carbonyl (C=O) groups excluding carboxylic acids is 2. The third kappa shape index (κ3) is 5.63. The summed E-state index contributed by atoms with van der Waals surface area (Å²) >= 11 is 0. The van der Waals surface area contributed by atoms with E-state index in [2.05, 4.69) is 20.9 Å². The number of hydrogen-bond donors (Lipinski definition) is 2. The number of para-hydroxylation sites is 1. The Kier molecular flexibility index (Phi) is 7.79. The maximum absolute atomic E-state index is 12.9. The summed E-state index contributed by atoms with van der Waals surface area (Å²) in [5.41, 5.74) is 4.00.